The maximum Gasteiger partial charge on any atom is 0.122 e. The van der Waals surface area contributed by atoms with Gasteiger partial charge in [0.25, 0.3) is 0 Å². The SMILES string of the molecule is COc1ccc(Br)cc1CC(O)CCc1ccncc1. The highest BCUT2D eigenvalue weighted by atomic mass is 79.9. The highest BCUT2D eigenvalue weighted by molar-refractivity contribution is 9.10. The molecule has 3 nitrogen and oxygen atoms in total. The van der Waals surface area contributed by atoms with E-state index in [1.54, 1.807) is 19.5 Å². The van der Waals surface area contributed by atoms with Crippen molar-refractivity contribution in [3.63, 3.8) is 0 Å². The Hall–Kier alpha value is -1.39. The largest absolute Gasteiger partial charge is 0.496 e. The van der Waals surface area contributed by atoms with Gasteiger partial charge in [-0.2, -0.15) is 0 Å². The number of aliphatic hydroxyl groups excluding tert-OH is 1. The number of methoxy groups -OCH3 is 1. The predicted molar refractivity (Wildman–Crippen MR) is 83.0 cm³/mol. The van der Waals surface area contributed by atoms with Crippen molar-refractivity contribution >= 4 is 15.9 Å². The van der Waals surface area contributed by atoms with Crippen LogP contribution in [0.25, 0.3) is 0 Å². The van der Waals surface area contributed by atoms with Crippen LogP contribution in [0, 0.1) is 0 Å². The topological polar surface area (TPSA) is 42.4 Å². The molecule has 0 saturated heterocycles. The monoisotopic (exact) mass is 335 g/mol. The second-order valence-corrected chi connectivity index (χ2v) is 5.62. The number of rotatable bonds is 6. The molecule has 2 aromatic rings. The summed E-state index contributed by atoms with van der Waals surface area (Å²) in [7, 11) is 1.65. The van der Waals surface area contributed by atoms with Crippen LogP contribution in [0.5, 0.6) is 5.75 Å². The summed E-state index contributed by atoms with van der Waals surface area (Å²) < 4.78 is 6.32. The smallest absolute Gasteiger partial charge is 0.122 e. The molecule has 0 fully saturated rings. The minimum absolute atomic E-state index is 0.383. The number of pyridine rings is 1. The van der Waals surface area contributed by atoms with Crippen LogP contribution in [0.1, 0.15) is 17.5 Å². The number of halogens is 1. The number of hydrogen-bond acceptors (Lipinski definition) is 3. The van der Waals surface area contributed by atoms with E-state index in [9.17, 15) is 5.11 Å². The number of aromatic nitrogens is 1. The van der Waals surface area contributed by atoms with Crippen molar-refractivity contribution in [2.24, 2.45) is 0 Å². The maximum atomic E-state index is 10.2. The normalized spacial score (nSPS) is 12.2. The molecule has 1 N–H and O–H groups in total. The molecule has 1 aromatic heterocycles. The first kappa shape index (κ1) is 15.0. The van der Waals surface area contributed by atoms with Crippen molar-refractivity contribution in [1.29, 1.82) is 0 Å². The molecule has 1 aromatic carbocycles. The third kappa shape index (κ3) is 4.32. The Morgan fingerprint density at radius 1 is 1.25 bits per heavy atom. The highest BCUT2D eigenvalue weighted by Crippen LogP contribution is 2.24. The Balaban J connectivity index is 1.94. The molecular formula is C16H18BrNO2. The highest BCUT2D eigenvalue weighted by Gasteiger charge is 2.10. The molecule has 0 radical (unpaired) electrons. The minimum Gasteiger partial charge on any atom is -0.496 e. The van der Waals surface area contributed by atoms with Crippen LogP contribution in [0.15, 0.2) is 47.2 Å². The van der Waals surface area contributed by atoms with Crippen molar-refractivity contribution in [2.75, 3.05) is 7.11 Å². The van der Waals surface area contributed by atoms with Gasteiger partial charge in [0.1, 0.15) is 5.75 Å². The molecule has 0 aliphatic rings. The Morgan fingerprint density at radius 2 is 2.00 bits per heavy atom. The third-order valence-electron chi connectivity index (χ3n) is 3.21. The lowest BCUT2D eigenvalue weighted by Crippen LogP contribution is -2.12. The summed E-state index contributed by atoms with van der Waals surface area (Å²) in [6.07, 6.45) is 5.33. The van der Waals surface area contributed by atoms with E-state index in [0.29, 0.717) is 6.42 Å². The average Bonchev–Trinajstić information content (AvgIpc) is 2.46. The lowest BCUT2D eigenvalue weighted by atomic mass is 10.0. The fourth-order valence-electron chi connectivity index (χ4n) is 2.15. The van der Waals surface area contributed by atoms with Gasteiger partial charge < -0.3 is 9.84 Å². The molecule has 0 aliphatic carbocycles. The van der Waals surface area contributed by atoms with Gasteiger partial charge in [-0.25, -0.2) is 0 Å². The Kier molecular flexibility index (Phi) is 5.56. The zero-order valence-corrected chi connectivity index (χ0v) is 13.0. The summed E-state index contributed by atoms with van der Waals surface area (Å²) in [5, 5.41) is 10.2. The van der Waals surface area contributed by atoms with E-state index < -0.39 is 0 Å². The zero-order chi connectivity index (χ0) is 14.4. The summed E-state index contributed by atoms with van der Waals surface area (Å²) in [6, 6.07) is 9.80. The van der Waals surface area contributed by atoms with Gasteiger partial charge in [-0.05, 0) is 54.3 Å². The number of aliphatic hydroxyl groups is 1. The van der Waals surface area contributed by atoms with Crippen molar-refractivity contribution in [3.8, 4) is 5.75 Å². The molecule has 0 bridgehead atoms. The first-order valence-electron chi connectivity index (χ1n) is 6.58. The predicted octanol–water partition coefficient (Wildman–Crippen LogP) is 3.39. The van der Waals surface area contributed by atoms with Gasteiger partial charge in [0.2, 0.25) is 0 Å². The molecule has 0 spiro atoms. The molecule has 1 heterocycles. The summed E-state index contributed by atoms with van der Waals surface area (Å²) in [4.78, 5) is 3.99. The zero-order valence-electron chi connectivity index (χ0n) is 11.4. The third-order valence-corrected chi connectivity index (χ3v) is 3.71. The molecule has 2 rings (SSSR count). The van der Waals surface area contributed by atoms with E-state index in [-0.39, 0.29) is 6.10 Å². The van der Waals surface area contributed by atoms with E-state index in [2.05, 4.69) is 20.9 Å². The van der Waals surface area contributed by atoms with Crippen molar-refractivity contribution in [3.05, 3.63) is 58.3 Å². The van der Waals surface area contributed by atoms with Crippen molar-refractivity contribution in [2.45, 2.75) is 25.4 Å². The van der Waals surface area contributed by atoms with Gasteiger partial charge in [0.05, 0.1) is 13.2 Å². The lowest BCUT2D eigenvalue weighted by molar-refractivity contribution is 0.164. The van der Waals surface area contributed by atoms with Crippen LogP contribution in [-0.2, 0) is 12.8 Å². The number of nitrogens with zero attached hydrogens (tertiary/aromatic N) is 1. The van der Waals surface area contributed by atoms with Crippen molar-refractivity contribution < 1.29 is 9.84 Å². The van der Waals surface area contributed by atoms with E-state index in [4.69, 9.17) is 4.74 Å². The molecule has 106 valence electrons. The molecule has 0 aliphatic heterocycles. The lowest BCUT2D eigenvalue weighted by Gasteiger charge is -2.14. The molecular weight excluding hydrogens is 318 g/mol. The van der Waals surface area contributed by atoms with Crippen LogP contribution >= 0.6 is 15.9 Å². The quantitative estimate of drug-likeness (QED) is 0.879. The Labute approximate surface area is 127 Å². The number of ether oxygens (including phenoxy) is 1. The van der Waals surface area contributed by atoms with Gasteiger partial charge in [0, 0.05) is 23.3 Å². The van der Waals surface area contributed by atoms with Gasteiger partial charge in [-0.1, -0.05) is 15.9 Å². The second kappa shape index (κ2) is 7.41. The summed E-state index contributed by atoms with van der Waals surface area (Å²) in [5.41, 5.74) is 2.21. The molecule has 1 unspecified atom stereocenters. The fourth-order valence-corrected chi connectivity index (χ4v) is 2.55. The summed E-state index contributed by atoms with van der Waals surface area (Å²) in [5.74, 6) is 0.816. The second-order valence-electron chi connectivity index (χ2n) is 4.71. The summed E-state index contributed by atoms with van der Waals surface area (Å²) >= 11 is 3.45. The van der Waals surface area contributed by atoms with Crippen LogP contribution < -0.4 is 4.74 Å². The fraction of sp³-hybridized carbons (Fsp3) is 0.312. The number of hydrogen-bond donors (Lipinski definition) is 1. The molecule has 0 amide bonds. The first-order valence-corrected chi connectivity index (χ1v) is 7.37. The van der Waals surface area contributed by atoms with E-state index >= 15 is 0 Å². The Morgan fingerprint density at radius 3 is 2.70 bits per heavy atom. The average molecular weight is 336 g/mol. The first-order chi connectivity index (χ1) is 9.69. The van der Waals surface area contributed by atoms with Gasteiger partial charge in [-0.3, -0.25) is 4.98 Å². The molecule has 20 heavy (non-hydrogen) atoms. The maximum absolute atomic E-state index is 10.2. The van der Waals surface area contributed by atoms with Crippen LogP contribution in [0.3, 0.4) is 0 Å². The standard InChI is InChI=1S/C16H18BrNO2/c1-20-16-5-3-14(17)10-13(16)11-15(19)4-2-12-6-8-18-9-7-12/h3,5-10,15,19H,2,4,11H2,1H3. The van der Waals surface area contributed by atoms with Gasteiger partial charge in [-0.15, -0.1) is 0 Å². The molecule has 0 saturated carbocycles. The minimum atomic E-state index is -0.383. The van der Waals surface area contributed by atoms with Crippen molar-refractivity contribution in [1.82, 2.24) is 4.98 Å². The van der Waals surface area contributed by atoms with E-state index in [1.165, 1.54) is 5.56 Å². The van der Waals surface area contributed by atoms with E-state index in [0.717, 1.165) is 28.6 Å². The van der Waals surface area contributed by atoms with Gasteiger partial charge >= 0.3 is 0 Å². The molecule has 4 heteroatoms. The van der Waals surface area contributed by atoms with Crippen LogP contribution in [-0.4, -0.2) is 23.3 Å². The van der Waals surface area contributed by atoms with Crippen LogP contribution in [0.2, 0.25) is 0 Å². The summed E-state index contributed by atoms with van der Waals surface area (Å²) in [6.45, 7) is 0. The Bertz CT molecular complexity index is 545. The molecule has 1 atom stereocenters. The van der Waals surface area contributed by atoms with Gasteiger partial charge in [0.15, 0.2) is 0 Å². The van der Waals surface area contributed by atoms with Crippen LogP contribution in [0.4, 0.5) is 0 Å². The number of benzene rings is 1. The van der Waals surface area contributed by atoms with E-state index in [1.807, 2.05) is 30.3 Å². The number of aryl methyl sites for hydroxylation is 1.